The van der Waals surface area contributed by atoms with Gasteiger partial charge in [-0.1, -0.05) is 27.7 Å². The van der Waals surface area contributed by atoms with Crippen molar-refractivity contribution in [1.29, 1.82) is 0 Å². The molecule has 7 aliphatic rings. The Morgan fingerprint density at radius 2 is 1.80 bits per heavy atom. The molecule has 0 radical (unpaired) electrons. The second-order valence-corrected chi connectivity index (χ2v) is 15.4. The predicted molar refractivity (Wildman–Crippen MR) is 144 cm³/mol. The van der Waals surface area contributed by atoms with E-state index in [0.717, 1.165) is 0 Å². The average Bonchev–Trinajstić information content (AvgIpc) is 3.66. The van der Waals surface area contributed by atoms with Gasteiger partial charge < -0.3 is 37.9 Å². The maximum Gasteiger partial charge on any atom is 0.490 e. The van der Waals surface area contributed by atoms with Gasteiger partial charge in [0.15, 0.2) is 6.10 Å². The van der Waals surface area contributed by atoms with Gasteiger partial charge in [-0.3, -0.25) is 9.59 Å². The van der Waals surface area contributed by atoms with Gasteiger partial charge in [-0.15, -0.1) is 0 Å². The molecule has 11 nitrogen and oxygen atoms in total. The van der Waals surface area contributed by atoms with E-state index >= 15 is 0 Å². The van der Waals surface area contributed by atoms with E-state index in [1.54, 1.807) is 13.8 Å². The van der Waals surface area contributed by atoms with Crippen LogP contribution in [0, 0.1) is 34.0 Å². The molecule has 14 heteroatoms. The first kappa shape index (κ1) is 30.6. The molecule has 1 aromatic rings. The Labute approximate surface area is 262 Å². The van der Waals surface area contributed by atoms with Crippen LogP contribution in [-0.4, -0.2) is 70.8 Å². The zero-order valence-electron chi connectivity index (χ0n) is 26.3. The number of alkyl halides is 3. The quantitative estimate of drug-likeness (QED) is 0.362. The van der Waals surface area contributed by atoms with Crippen LogP contribution in [0.3, 0.4) is 0 Å². The van der Waals surface area contributed by atoms with E-state index in [1.165, 1.54) is 25.7 Å². The number of rotatable bonds is 5. The highest BCUT2D eigenvalue weighted by molar-refractivity contribution is 5.76. The predicted octanol–water partition coefficient (Wildman–Crippen LogP) is 4.12. The number of halogens is 3. The lowest BCUT2D eigenvalue weighted by Gasteiger charge is -2.77. The number of hydrogen-bond donors (Lipinski definition) is 1. The van der Waals surface area contributed by atoms with Crippen LogP contribution >= 0.6 is 0 Å². The molecule has 7 fully saturated rings. The lowest BCUT2D eigenvalue weighted by Crippen LogP contribution is -2.93. The molecule has 0 amide bonds. The van der Waals surface area contributed by atoms with Gasteiger partial charge in [-0.2, -0.15) is 13.2 Å². The minimum Gasteiger partial charge on any atom is -0.472 e. The normalized spacial score (nSPS) is 53.0. The number of furan rings is 1. The molecule has 46 heavy (non-hydrogen) atoms. The topological polar surface area (TPSA) is 140 Å². The van der Waals surface area contributed by atoms with Crippen LogP contribution in [0.5, 0.6) is 0 Å². The minimum atomic E-state index is -5.30. The SMILES string of the molecule is COC(=O)CC1C2(C)CC34OC5(C)OC67C(CC(=O)OC6C3(O)C2C)C(C)(C(OC(=O)C(F)(F)F)c2ccoc2)CCC7(O5)C14C. The molecular weight excluding hydrogens is 617 g/mol. The molecule has 3 aliphatic heterocycles. The van der Waals surface area contributed by atoms with Crippen molar-refractivity contribution in [2.75, 3.05) is 7.11 Å². The van der Waals surface area contributed by atoms with Crippen molar-refractivity contribution in [1.82, 2.24) is 0 Å². The van der Waals surface area contributed by atoms with Gasteiger partial charge in [0.1, 0.15) is 28.5 Å². The van der Waals surface area contributed by atoms with Gasteiger partial charge in [0.25, 0.3) is 5.97 Å². The Balaban J connectivity index is 1.39. The Morgan fingerprint density at radius 1 is 1.11 bits per heavy atom. The summed E-state index contributed by atoms with van der Waals surface area (Å²) in [7, 11) is 1.31. The highest BCUT2D eigenvalue weighted by Crippen LogP contribution is 2.90. The van der Waals surface area contributed by atoms with Crippen LogP contribution < -0.4 is 0 Å². The maximum absolute atomic E-state index is 13.7. The first-order valence-electron chi connectivity index (χ1n) is 15.7. The molecule has 13 unspecified atom stereocenters. The monoisotopic (exact) mass is 654 g/mol. The van der Waals surface area contributed by atoms with Crippen LogP contribution in [0.15, 0.2) is 23.0 Å². The van der Waals surface area contributed by atoms with Crippen molar-refractivity contribution in [2.45, 2.75) is 113 Å². The zero-order valence-corrected chi connectivity index (χ0v) is 26.3. The molecule has 4 saturated carbocycles. The van der Waals surface area contributed by atoms with Gasteiger partial charge in [0.05, 0.1) is 26.1 Å². The highest BCUT2D eigenvalue weighted by atomic mass is 19.4. The second-order valence-electron chi connectivity index (χ2n) is 15.4. The number of aliphatic hydroxyl groups is 1. The lowest BCUT2D eigenvalue weighted by molar-refractivity contribution is -0.477. The van der Waals surface area contributed by atoms with Crippen LogP contribution in [0.4, 0.5) is 13.2 Å². The van der Waals surface area contributed by atoms with Gasteiger partial charge in [0.2, 0.25) is 0 Å². The van der Waals surface area contributed by atoms with Crippen molar-refractivity contribution in [2.24, 2.45) is 34.0 Å². The summed E-state index contributed by atoms with van der Waals surface area (Å²) >= 11 is 0. The Kier molecular flexibility index (Phi) is 5.53. The standard InChI is InChI=1S/C32H37F3O11/c1-15-25(3)14-29-26(4,17(25)11-19(36)40-6)28-9-8-24(2,21(16-7-10-41-13-16)43-23(38)32(33,34)35)18-12-20(37)42-22(30(15,29)39)31(18,28)46-27(5,44-28)45-29/h7,10,13,15,17-18,21-22,39H,8-9,11-12,14H2,1-6H3. The summed E-state index contributed by atoms with van der Waals surface area (Å²) in [6.07, 6.45) is -5.51. The first-order chi connectivity index (χ1) is 21.3. The fraction of sp³-hybridized carbons (Fsp3) is 0.781. The lowest BCUT2D eigenvalue weighted by atomic mass is 9.32. The van der Waals surface area contributed by atoms with Gasteiger partial charge in [0, 0.05) is 35.7 Å². The Hall–Kier alpha value is -2.68. The number of hydrogen-bond acceptors (Lipinski definition) is 11. The van der Waals surface area contributed by atoms with Crippen LogP contribution in [-0.2, 0) is 42.8 Å². The number of esters is 3. The summed E-state index contributed by atoms with van der Waals surface area (Å²) < 4.78 is 83.6. The molecule has 0 aromatic carbocycles. The fourth-order valence-electron chi connectivity index (χ4n) is 12.4. The van der Waals surface area contributed by atoms with E-state index in [9.17, 15) is 32.7 Å². The molecule has 3 spiro atoms. The molecule has 8 rings (SSSR count). The van der Waals surface area contributed by atoms with Crippen molar-refractivity contribution in [3.63, 3.8) is 0 Å². The number of fused-ring (bicyclic) bond motifs is 3. The maximum atomic E-state index is 13.7. The summed E-state index contributed by atoms with van der Waals surface area (Å²) in [6, 6.07) is 1.42. The Bertz CT molecular complexity index is 1560. The van der Waals surface area contributed by atoms with E-state index in [1.807, 2.05) is 20.8 Å². The number of carbonyl (C=O) groups excluding carboxylic acids is 3. The third-order valence-electron chi connectivity index (χ3n) is 14.0. The second kappa shape index (κ2) is 8.30. The van der Waals surface area contributed by atoms with E-state index in [4.69, 9.17) is 32.8 Å². The van der Waals surface area contributed by atoms with E-state index in [-0.39, 0.29) is 31.2 Å². The summed E-state index contributed by atoms with van der Waals surface area (Å²) in [6.45, 7) is 9.03. The van der Waals surface area contributed by atoms with Gasteiger partial charge >= 0.3 is 24.1 Å². The minimum absolute atomic E-state index is 0.0137. The summed E-state index contributed by atoms with van der Waals surface area (Å²) in [5, 5.41) is 13.2. The van der Waals surface area contributed by atoms with Crippen molar-refractivity contribution in [3.05, 3.63) is 24.2 Å². The molecule has 3 saturated heterocycles. The smallest absolute Gasteiger partial charge is 0.472 e. The first-order valence-corrected chi connectivity index (χ1v) is 15.7. The van der Waals surface area contributed by atoms with Crippen LogP contribution in [0.2, 0.25) is 0 Å². The number of carbonyl (C=O) groups is 3. The third kappa shape index (κ3) is 2.86. The number of methoxy groups -OCH3 is 1. The molecule has 4 bridgehead atoms. The zero-order chi connectivity index (χ0) is 33.3. The van der Waals surface area contributed by atoms with Crippen LogP contribution in [0.1, 0.15) is 78.4 Å². The molecule has 252 valence electrons. The highest BCUT2D eigenvalue weighted by Gasteiger charge is 3.03. The van der Waals surface area contributed by atoms with Crippen molar-refractivity contribution in [3.8, 4) is 0 Å². The van der Waals surface area contributed by atoms with Crippen molar-refractivity contribution < 1.29 is 65.5 Å². The molecule has 13 atom stereocenters. The molecule has 1 N–H and O–H groups in total. The van der Waals surface area contributed by atoms with Crippen LogP contribution in [0.25, 0.3) is 0 Å². The molecule has 4 heterocycles. The number of ether oxygens (including phenoxy) is 6. The van der Waals surface area contributed by atoms with Gasteiger partial charge in [-0.05, 0) is 42.6 Å². The fourth-order valence-corrected chi connectivity index (χ4v) is 12.4. The van der Waals surface area contributed by atoms with Crippen molar-refractivity contribution >= 4 is 17.9 Å². The van der Waals surface area contributed by atoms with E-state index in [2.05, 4.69) is 0 Å². The Morgan fingerprint density at radius 3 is 2.43 bits per heavy atom. The molecule has 1 aromatic heterocycles. The molecular formula is C32H37F3O11. The van der Waals surface area contributed by atoms with E-state index in [0.29, 0.717) is 6.42 Å². The summed E-state index contributed by atoms with van der Waals surface area (Å²) in [4.78, 5) is 39.2. The third-order valence-corrected chi connectivity index (χ3v) is 14.0. The van der Waals surface area contributed by atoms with Gasteiger partial charge in [-0.25, -0.2) is 4.79 Å². The largest absolute Gasteiger partial charge is 0.490 e. The summed E-state index contributed by atoms with van der Waals surface area (Å²) in [5.41, 5.74) is -9.35. The summed E-state index contributed by atoms with van der Waals surface area (Å²) in [5.74, 6) is -7.34. The molecule has 4 aliphatic carbocycles. The van der Waals surface area contributed by atoms with E-state index < -0.39 is 98.7 Å². The average molecular weight is 655 g/mol.